The molecule has 36 heavy (non-hydrogen) atoms. The quantitative estimate of drug-likeness (QED) is 0.198. The van der Waals surface area contributed by atoms with Crippen molar-refractivity contribution in [2.24, 2.45) is 0 Å². The number of nitrogens with one attached hydrogen (secondary N) is 1. The summed E-state index contributed by atoms with van der Waals surface area (Å²) in [6, 6.07) is 14.2. The van der Waals surface area contributed by atoms with Gasteiger partial charge < -0.3 is 4.90 Å². The number of nitrogens with zero attached hydrogens (tertiary/aromatic N) is 6. The van der Waals surface area contributed by atoms with Crippen LogP contribution >= 0.6 is 0 Å². The monoisotopic (exact) mass is 491 g/mol. The minimum Gasteiger partial charge on any atom is -0.340 e. The molecule has 0 bridgehead atoms. The summed E-state index contributed by atoms with van der Waals surface area (Å²) >= 11 is 0. The summed E-state index contributed by atoms with van der Waals surface area (Å²) in [6.45, 7) is 2.27. The lowest BCUT2D eigenvalue weighted by Gasteiger charge is -2.16. The van der Waals surface area contributed by atoms with E-state index in [2.05, 4.69) is 20.5 Å². The van der Waals surface area contributed by atoms with Crippen molar-refractivity contribution in [3.63, 3.8) is 0 Å². The topological polar surface area (TPSA) is 123 Å². The molecular formula is C25H26FN7O3. The minimum absolute atomic E-state index is 0.0609. The summed E-state index contributed by atoms with van der Waals surface area (Å²) in [4.78, 5) is 25.1. The molecule has 0 saturated carbocycles. The number of H-pyrrole nitrogens is 1. The van der Waals surface area contributed by atoms with E-state index in [1.54, 1.807) is 43.1 Å². The molecule has 1 amide bonds. The van der Waals surface area contributed by atoms with E-state index in [9.17, 15) is 19.3 Å². The highest BCUT2D eigenvalue weighted by Crippen LogP contribution is 2.20. The number of hydrogen-bond acceptors (Lipinski definition) is 6. The maximum atomic E-state index is 13.1. The molecule has 0 aliphatic carbocycles. The van der Waals surface area contributed by atoms with Gasteiger partial charge >= 0.3 is 0 Å². The van der Waals surface area contributed by atoms with Crippen LogP contribution < -0.4 is 0 Å². The van der Waals surface area contributed by atoms with Gasteiger partial charge in [0.05, 0.1) is 22.0 Å². The number of carbonyl (C=O) groups excluding carboxylic acids is 1. The van der Waals surface area contributed by atoms with Gasteiger partial charge in [-0.25, -0.2) is 9.07 Å². The Balaban J connectivity index is 1.26. The van der Waals surface area contributed by atoms with E-state index in [1.165, 1.54) is 28.9 Å². The highest BCUT2D eigenvalue weighted by Gasteiger charge is 2.21. The molecule has 0 aliphatic rings. The number of aromatic nitrogens is 5. The molecule has 0 unspecified atom stereocenters. The Bertz CT molecular complexity index is 1360. The number of nitro groups is 1. The van der Waals surface area contributed by atoms with E-state index < -0.39 is 4.92 Å². The van der Waals surface area contributed by atoms with Gasteiger partial charge in [0.2, 0.25) is 0 Å². The SMILES string of the molecule is Cc1c(C(=O)N(C)CCCCCc2cc(-c3ccc(F)cc3)n[nH]2)nnn1-c1cccc([N+](=O)[O-])c1. The van der Waals surface area contributed by atoms with Crippen molar-refractivity contribution >= 4 is 11.6 Å². The molecule has 186 valence electrons. The highest BCUT2D eigenvalue weighted by molar-refractivity contribution is 5.93. The van der Waals surface area contributed by atoms with Gasteiger partial charge in [0.1, 0.15) is 5.82 Å². The first kappa shape index (κ1) is 24.7. The zero-order chi connectivity index (χ0) is 25.7. The Labute approximate surface area is 206 Å². The van der Waals surface area contributed by atoms with Crippen LogP contribution in [0.25, 0.3) is 16.9 Å². The number of aryl methyl sites for hydroxylation is 1. The predicted molar refractivity (Wildman–Crippen MR) is 131 cm³/mol. The highest BCUT2D eigenvalue weighted by atomic mass is 19.1. The lowest BCUT2D eigenvalue weighted by molar-refractivity contribution is -0.384. The van der Waals surface area contributed by atoms with E-state index >= 15 is 0 Å². The normalized spacial score (nSPS) is 11.0. The number of aromatic amines is 1. The van der Waals surface area contributed by atoms with Crippen LogP contribution in [-0.4, -0.2) is 54.5 Å². The molecule has 2 heterocycles. The van der Waals surface area contributed by atoms with Crippen molar-refractivity contribution in [2.45, 2.75) is 32.6 Å². The van der Waals surface area contributed by atoms with E-state index in [1.807, 2.05) is 6.07 Å². The van der Waals surface area contributed by atoms with Crippen LogP contribution in [0, 0.1) is 22.9 Å². The van der Waals surface area contributed by atoms with Crippen LogP contribution in [0.5, 0.6) is 0 Å². The second-order valence-electron chi connectivity index (χ2n) is 8.53. The number of rotatable bonds is 10. The predicted octanol–water partition coefficient (Wildman–Crippen LogP) is 4.50. The Hall–Kier alpha value is -4.41. The first-order valence-electron chi connectivity index (χ1n) is 11.6. The van der Waals surface area contributed by atoms with Gasteiger partial charge in [-0.15, -0.1) is 5.10 Å². The number of amides is 1. The number of hydrogen-bond donors (Lipinski definition) is 1. The number of carbonyl (C=O) groups is 1. The molecule has 0 spiro atoms. The molecule has 2 aromatic heterocycles. The summed E-state index contributed by atoms with van der Waals surface area (Å²) in [6.07, 6.45) is 3.48. The fourth-order valence-electron chi connectivity index (χ4n) is 3.89. The third-order valence-corrected chi connectivity index (χ3v) is 5.94. The molecule has 0 fully saturated rings. The molecule has 4 aromatic rings. The Morgan fingerprint density at radius 2 is 1.92 bits per heavy atom. The summed E-state index contributed by atoms with van der Waals surface area (Å²) in [5.41, 5.74) is 3.79. The van der Waals surface area contributed by atoms with E-state index in [-0.39, 0.29) is 23.1 Å². The molecule has 0 atom stereocenters. The average molecular weight is 492 g/mol. The van der Waals surface area contributed by atoms with E-state index in [0.717, 1.165) is 42.6 Å². The van der Waals surface area contributed by atoms with Crippen LogP contribution in [-0.2, 0) is 6.42 Å². The maximum absolute atomic E-state index is 13.1. The Morgan fingerprint density at radius 3 is 2.67 bits per heavy atom. The lowest BCUT2D eigenvalue weighted by Crippen LogP contribution is -2.28. The number of halogens is 1. The first-order chi connectivity index (χ1) is 17.3. The largest absolute Gasteiger partial charge is 0.340 e. The van der Waals surface area contributed by atoms with Gasteiger partial charge in [0.15, 0.2) is 5.69 Å². The molecule has 0 saturated heterocycles. The van der Waals surface area contributed by atoms with Crippen LogP contribution in [0.15, 0.2) is 54.6 Å². The second kappa shape index (κ2) is 10.9. The molecule has 0 aliphatic heterocycles. The van der Waals surface area contributed by atoms with Crippen LogP contribution in [0.3, 0.4) is 0 Å². The summed E-state index contributed by atoms with van der Waals surface area (Å²) in [5, 5.41) is 26.4. The summed E-state index contributed by atoms with van der Waals surface area (Å²) < 4.78 is 14.5. The van der Waals surface area contributed by atoms with Crippen molar-refractivity contribution in [1.82, 2.24) is 30.1 Å². The molecule has 2 aromatic carbocycles. The van der Waals surface area contributed by atoms with Crippen LogP contribution in [0.4, 0.5) is 10.1 Å². The number of unbranched alkanes of at least 4 members (excludes halogenated alkanes) is 2. The first-order valence-corrected chi connectivity index (χ1v) is 11.6. The maximum Gasteiger partial charge on any atom is 0.276 e. The standard InChI is InChI=1S/C25H26FN7O3/c1-17-24(29-30-32(17)21-8-6-9-22(16-21)33(35)36)25(34)31(2)14-5-3-4-7-20-15-23(28-27-20)18-10-12-19(26)13-11-18/h6,8-13,15-16H,3-5,7,14H2,1-2H3,(H,27,28). The van der Waals surface area contributed by atoms with E-state index in [4.69, 9.17) is 0 Å². The molecule has 10 nitrogen and oxygen atoms in total. The van der Waals surface area contributed by atoms with Crippen molar-refractivity contribution in [3.8, 4) is 16.9 Å². The molecule has 4 rings (SSSR count). The molecule has 0 radical (unpaired) electrons. The second-order valence-corrected chi connectivity index (χ2v) is 8.53. The average Bonchev–Trinajstić information content (AvgIpc) is 3.50. The molecule has 11 heteroatoms. The number of benzene rings is 2. The molecular weight excluding hydrogens is 465 g/mol. The van der Waals surface area contributed by atoms with Gasteiger partial charge in [-0.1, -0.05) is 17.7 Å². The fourth-order valence-corrected chi connectivity index (χ4v) is 3.89. The van der Waals surface area contributed by atoms with Gasteiger partial charge in [-0.2, -0.15) is 5.10 Å². The third-order valence-electron chi connectivity index (χ3n) is 5.94. The Morgan fingerprint density at radius 1 is 1.14 bits per heavy atom. The number of non-ortho nitro benzene ring substituents is 1. The smallest absolute Gasteiger partial charge is 0.276 e. The van der Waals surface area contributed by atoms with Gasteiger partial charge in [-0.3, -0.25) is 20.0 Å². The molecule has 1 N–H and O–H groups in total. The third kappa shape index (κ3) is 5.62. The van der Waals surface area contributed by atoms with Crippen molar-refractivity contribution in [1.29, 1.82) is 0 Å². The zero-order valence-corrected chi connectivity index (χ0v) is 20.0. The van der Waals surface area contributed by atoms with Crippen molar-refractivity contribution in [3.05, 3.63) is 87.6 Å². The van der Waals surface area contributed by atoms with Crippen LogP contribution in [0.2, 0.25) is 0 Å². The van der Waals surface area contributed by atoms with Gasteiger partial charge in [-0.05, 0) is 62.6 Å². The zero-order valence-electron chi connectivity index (χ0n) is 20.0. The Kier molecular flexibility index (Phi) is 7.47. The van der Waals surface area contributed by atoms with Crippen molar-refractivity contribution < 1.29 is 14.1 Å². The minimum atomic E-state index is -0.480. The van der Waals surface area contributed by atoms with Crippen molar-refractivity contribution in [2.75, 3.05) is 13.6 Å². The summed E-state index contributed by atoms with van der Waals surface area (Å²) in [7, 11) is 1.72. The van der Waals surface area contributed by atoms with Gasteiger partial charge in [0, 0.05) is 37.0 Å². The number of nitro benzene ring substituents is 1. The lowest BCUT2D eigenvalue weighted by atomic mass is 10.1. The van der Waals surface area contributed by atoms with Crippen LogP contribution in [0.1, 0.15) is 41.1 Å². The summed E-state index contributed by atoms with van der Waals surface area (Å²) in [5.74, 6) is -0.526. The van der Waals surface area contributed by atoms with E-state index in [0.29, 0.717) is 17.9 Å². The van der Waals surface area contributed by atoms with Gasteiger partial charge in [0.25, 0.3) is 11.6 Å². The fraction of sp³-hybridized carbons (Fsp3) is 0.280.